The molecular formula is C17H17FN4O2S. The third kappa shape index (κ3) is 3.43. The number of hydrogen-bond donors (Lipinski definition) is 1. The van der Waals surface area contributed by atoms with Gasteiger partial charge in [0.2, 0.25) is 5.95 Å². The molecule has 1 aliphatic heterocycles. The van der Waals surface area contributed by atoms with Gasteiger partial charge in [0.25, 0.3) is 0 Å². The zero-order valence-electron chi connectivity index (χ0n) is 14.0. The number of aryl methyl sites for hydroxylation is 1. The number of nitrogens with one attached hydrogen (secondary N) is 1. The lowest BCUT2D eigenvalue weighted by Crippen LogP contribution is -2.33. The summed E-state index contributed by atoms with van der Waals surface area (Å²) in [6, 6.07) is 2.23. The summed E-state index contributed by atoms with van der Waals surface area (Å²) in [5, 5.41) is 5.68. The van der Waals surface area contributed by atoms with E-state index in [-0.39, 0.29) is 6.61 Å². The second-order valence-electron chi connectivity index (χ2n) is 5.41. The van der Waals surface area contributed by atoms with Crippen molar-refractivity contribution in [2.24, 2.45) is 4.99 Å². The number of aromatic nitrogens is 2. The molecule has 0 amide bonds. The Bertz CT molecular complexity index is 862. The van der Waals surface area contributed by atoms with E-state index >= 15 is 0 Å². The summed E-state index contributed by atoms with van der Waals surface area (Å²) in [5.74, 6) is -0.463. The molecule has 3 rings (SSSR count). The molecule has 0 radical (unpaired) electrons. The number of aliphatic imine (C=N–C) groups is 1. The van der Waals surface area contributed by atoms with Crippen LogP contribution in [-0.4, -0.2) is 28.4 Å². The molecule has 0 fully saturated rings. The summed E-state index contributed by atoms with van der Waals surface area (Å²) in [6.07, 6.45) is 1.68. The Morgan fingerprint density at radius 2 is 2.20 bits per heavy atom. The first-order valence-electron chi connectivity index (χ1n) is 7.77. The maximum atomic E-state index is 13.4. The molecule has 8 heteroatoms. The van der Waals surface area contributed by atoms with Gasteiger partial charge in [0.1, 0.15) is 6.04 Å². The average Bonchev–Trinajstić information content (AvgIpc) is 3.08. The number of nitrogens with zero attached hydrogens (tertiary/aromatic N) is 3. The normalized spacial score (nSPS) is 17.1. The molecule has 2 aromatic heterocycles. The van der Waals surface area contributed by atoms with Gasteiger partial charge < -0.3 is 10.1 Å². The Balaban J connectivity index is 2.11. The van der Waals surface area contributed by atoms with Crippen molar-refractivity contribution in [2.45, 2.75) is 26.8 Å². The molecule has 0 aliphatic carbocycles. The van der Waals surface area contributed by atoms with Gasteiger partial charge in [-0.2, -0.15) is 4.39 Å². The summed E-state index contributed by atoms with van der Waals surface area (Å²) in [4.78, 5) is 25.2. The van der Waals surface area contributed by atoms with Crippen molar-refractivity contribution >= 4 is 23.1 Å². The Morgan fingerprint density at radius 3 is 2.84 bits per heavy atom. The van der Waals surface area contributed by atoms with Gasteiger partial charge in [0.05, 0.1) is 12.2 Å². The van der Waals surface area contributed by atoms with Crippen LogP contribution in [0.1, 0.15) is 36.2 Å². The number of carbonyl (C=O) groups is 1. The van der Waals surface area contributed by atoms with E-state index in [1.807, 2.05) is 5.38 Å². The molecule has 130 valence electrons. The fraction of sp³-hybridized carbons (Fsp3) is 0.294. The van der Waals surface area contributed by atoms with Crippen LogP contribution in [0.3, 0.4) is 0 Å². The van der Waals surface area contributed by atoms with Crippen LogP contribution in [-0.2, 0) is 9.53 Å². The Kier molecular flexibility index (Phi) is 4.89. The first-order valence-corrected chi connectivity index (χ1v) is 8.64. The van der Waals surface area contributed by atoms with Gasteiger partial charge in [0, 0.05) is 28.5 Å². The minimum Gasteiger partial charge on any atom is -0.463 e. The fourth-order valence-electron chi connectivity index (χ4n) is 2.65. The van der Waals surface area contributed by atoms with Crippen LogP contribution in [0.5, 0.6) is 0 Å². The third-order valence-electron chi connectivity index (χ3n) is 3.76. The monoisotopic (exact) mass is 360 g/mol. The number of pyridine rings is 1. The highest BCUT2D eigenvalue weighted by Gasteiger charge is 2.32. The molecule has 0 saturated carbocycles. The van der Waals surface area contributed by atoms with Crippen LogP contribution in [0.15, 0.2) is 40.0 Å². The van der Waals surface area contributed by atoms with Crippen molar-refractivity contribution in [3.63, 3.8) is 0 Å². The largest absolute Gasteiger partial charge is 0.463 e. The fourth-order valence-corrected chi connectivity index (χ4v) is 3.24. The summed E-state index contributed by atoms with van der Waals surface area (Å²) >= 11 is 1.44. The van der Waals surface area contributed by atoms with Crippen LogP contribution in [0, 0.1) is 12.9 Å². The van der Waals surface area contributed by atoms with E-state index in [1.54, 1.807) is 33.0 Å². The van der Waals surface area contributed by atoms with E-state index in [2.05, 4.69) is 20.3 Å². The number of ether oxygens (including phenoxy) is 1. The topological polar surface area (TPSA) is 76.5 Å². The summed E-state index contributed by atoms with van der Waals surface area (Å²) in [5.41, 5.74) is 2.15. The van der Waals surface area contributed by atoms with Crippen molar-refractivity contribution in [1.82, 2.24) is 15.3 Å². The van der Waals surface area contributed by atoms with Gasteiger partial charge in [-0.1, -0.05) is 6.07 Å². The summed E-state index contributed by atoms with van der Waals surface area (Å²) in [7, 11) is 0. The van der Waals surface area contributed by atoms with Crippen LogP contribution in [0.2, 0.25) is 0 Å². The van der Waals surface area contributed by atoms with Crippen molar-refractivity contribution < 1.29 is 13.9 Å². The highest BCUT2D eigenvalue weighted by molar-refractivity contribution is 7.11. The molecule has 1 N–H and O–H groups in total. The van der Waals surface area contributed by atoms with E-state index in [0.717, 1.165) is 0 Å². The number of carbonyl (C=O) groups excluding carboxylic acids is 1. The standard InChI is InChI=1S/C17H17FN4O2S/c1-4-24-17(23)13-10(3)21-15(16-19-7-8-25-16)22-14(13)11-5-6-12(18)20-9(11)2/h5-8,14H,4H2,1-3H3,(H,21,22). The SMILES string of the molecule is CCOC(=O)C1=C(C)NC(c2nccs2)=NC1c1ccc(F)nc1C. The maximum absolute atomic E-state index is 13.4. The van der Waals surface area contributed by atoms with Gasteiger partial charge in [0.15, 0.2) is 10.8 Å². The first kappa shape index (κ1) is 17.2. The van der Waals surface area contributed by atoms with E-state index in [9.17, 15) is 9.18 Å². The average molecular weight is 360 g/mol. The number of halogens is 1. The number of hydrogen-bond acceptors (Lipinski definition) is 7. The highest BCUT2D eigenvalue weighted by atomic mass is 32.1. The summed E-state index contributed by atoms with van der Waals surface area (Å²) in [6.45, 7) is 5.48. The van der Waals surface area contributed by atoms with E-state index in [1.165, 1.54) is 17.4 Å². The smallest absolute Gasteiger partial charge is 0.338 e. The van der Waals surface area contributed by atoms with Crippen LogP contribution >= 0.6 is 11.3 Å². The van der Waals surface area contributed by atoms with Crippen molar-refractivity contribution in [3.8, 4) is 0 Å². The lowest BCUT2D eigenvalue weighted by molar-refractivity contribution is -0.138. The van der Waals surface area contributed by atoms with E-state index in [0.29, 0.717) is 33.4 Å². The molecule has 0 bridgehead atoms. The lowest BCUT2D eigenvalue weighted by Gasteiger charge is -2.26. The molecule has 2 aromatic rings. The number of amidine groups is 1. The molecule has 3 heterocycles. The summed E-state index contributed by atoms with van der Waals surface area (Å²) < 4.78 is 18.6. The second-order valence-corrected chi connectivity index (χ2v) is 6.30. The Hall–Kier alpha value is -2.61. The first-order chi connectivity index (χ1) is 12.0. The second kappa shape index (κ2) is 7.10. The van der Waals surface area contributed by atoms with Gasteiger partial charge in [-0.25, -0.2) is 14.8 Å². The van der Waals surface area contributed by atoms with Gasteiger partial charge in [-0.05, 0) is 26.8 Å². The Labute approximate surface area is 148 Å². The van der Waals surface area contributed by atoms with Crippen molar-refractivity contribution in [2.75, 3.05) is 6.61 Å². The van der Waals surface area contributed by atoms with Gasteiger partial charge in [-0.3, -0.25) is 4.99 Å². The van der Waals surface area contributed by atoms with Crippen molar-refractivity contribution in [1.29, 1.82) is 0 Å². The molecule has 0 spiro atoms. The Morgan fingerprint density at radius 1 is 1.40 bits per heavy atom. The molecule has 0 aromatic carbocycles. The minimum atomic E-state index is -0.632. The quantitative estimate of drug-likeness (QED) is 0.670. The highest BCUT2D eigenvalue weighted by Crippen LogP contribution is 2.33. The number of allylic oxidation sites excluding steroid dienone is 1. The van der Waals surface area contributed by atoms with E-state index < -0.39 is 18.0 Å². The molecular weight excluding hydrogens is 343 g/mol. The zero-order valence-corrected chi connectivity index (χ0v) is 14.9. The van der Waals surface area contributed by atoms with Crippen LogP contribution in [0.4, 0.5) is 4.39 Å². The predicted molar refractivity (Wildman–Crippen MR) is 92.8 cm³/mol. The van der Waals surface area contributed by atoms with Crippen LogP contribution < -0.4 is 5.32 Å². The minimum absolute atomic E-state index is 0.256. The van der Waals surface area contributed by atoms with Gasteiger partial charge >= 0.3 is 5.97 Å². The van der Waals surface area contributed by atoms with Crippen molar-refractivity contribution in [3.05, 3.63) is 57.2 Å². The number of thiazole rings is 1. The number of rotatable bonds is 4. The van der Waals surface area contributed by atoms with E-state index in [4.69, 9.17) is 4.74 Å². The molecule has 1 unspecified atom stereocenters. The van der Waals surface area contributed by atoms with Gasteiger partial charge in [-0.15, -0.1) is 11.3 Å². The lowest BCUT2D eigenvalue weighted by atomic mass is 9.95. The molecule has 1 atom stereocenters. The molecule has 6 nitrogen and oxygen atoms in total. The maximum Gasteiger partial charge on any atom is 0.338 e. The zero-order chi connectivity index (χ0) is 18.0. The predicted octanol–water partition coefficient (Wildman–Crippen LogP) is 2.91. The third-order valence-corrected chi connectivity index (χ3v) is 4.54. The van der Waals surface area contributed by atoms with Crippen LogP contribution in [0.25, 0.3) is 0 Å². The molecule has 25 heavy (non-hydrogen) atoms. The molecule has 0 saturated heterocycles. The molecule has 1 aliphatic rings. The number of esters is 1.